The number of alkyl carbamates (subject to hydrolysis) is 1. The van der Waals surface area contributed by atoms with E-state index in [0.717, 1.165) is 6.42 Å². The summed E-state index contributed by atoms with van der Waals surface area (Å²) < 4.78 is 5.06. The van der Waals surface area contributed by atoms with E-state index >= 15 is 0 Å². The standard InChI is InChI=1S/C13H22N2O4/c1-5-6-14-12(18)19-9-13(4,7-10(2)3)8-15-11(16)17/h1,10,15H,6-9H2,2-4H3,(H,14,18)(H,16,17). The lowest BCUT2D eigenvalue weighted by molar-refractivity contribution is 0.0777. The molecular weight excluding hydrogens is 248 g/mol. The average molecular weight is 270 g/mol. The summed E-state index contributed by atoms with van der Waals surface area (Å²) in [6.45, 7) is 6.38. The fraction of sp³-hybridized carbons (Fsp3) is 0.692. The van der Waals surface area contributed by atoms with Gasteiger partial charge in [-0.25, -0.2) is 9.59 Å². The highest BCUT2D eigenvalue weighted by molar-refractivity contribution is 5.67. The van der Waals surface area contributed by atoms with E-state index in [1.165, 1.54) is 0 Å². The molecule has 3 N–H and O–H groups in total. The Morgan fingerprint density at radius 3 is 2.53 bits per heavy atom. The van der Waals surface area contributed by atoms with Gasteiger partial charge in [-0.15, -0.1) is 6.42 Å². The van der Waals surface area contributed by atoms with Crippen LogP contribution in [-0.4, -0.2) is 37.0 Å². The van der Waals surface area contributed by atoms with E-state index in [1.54, 1.807) is 0 Å². The highest BCUT2D eigenvalue weighted by Crippen LogP contribution is 2.25. The molecule has 2 amide bonds. The van der Waals surface area contributed by atoms with Crippen molar-refractivity contribution >= 4 is 12.2 Å². The first-order valence-electron chi connectivity index (χ1n) is 6.10. The van der Waals surface area contributed by atoms with Crippen molar-refractivity contribution < 1.29 is 19.4 Å². The second-order valence-electron chi connectivity index (χ2n) is 5.20. The largest absolute Gasteiger partial charge is 0.465 e. The van der Waals surface area contributed by atoms with Gasteiger partial charge in [0.15, 0.2) is 0 Å². The molecule has 6 nitrogen and oxygen atoms in total. The fourth-order valence-corrected chi connectivity index (χ4v) is 1.87. The summed E-state index contributed by atoms with van der Waals surface area (Å²) in [4.78, 5) is 21.9. The van der Waals surface area contributed by atoms with Crippen LogP contribution in [0, 0.1) is 23.7 Å². The molecule has 0 fully saturated rings. The Morgan fingerprint density at radius 2 is 2.05 bits per heavy atom. The molecule has 0 aliphatic heterocycles. The molecule has 6 heteroatoms. The number of carboxylic acid groups (broad SMARTS) is 1. The number of rotatable bonds is 7. The first-order valence-corrected chi connectivity index (χ1v) is 6.10. The van der Waals surface area contributed by atoms with Gasteiger partial charge in [0.05, 0.1) is 6.54 Å². The number of carbonyl (C=O) groups excluding carboxylic acids is 1. The third-order valence-corrected chi connectivity index (χ3v) is 2.45. The summed E-state index contributed by atoms with van der Waals surface area (Å²) in [6, 6.07) is 0. The fourth-order valence-electron chi connectivity index (χ4n) is 1.87. The normalized spacial score (nSPS) is 13.2. The van der Waals surface area contributed by atoms with Gasteiger partial charge in [-0.1, -0.05) is 26.7 Å². The van der Waals surface area contributed by atoms with Crippen LogP contribution in [0.4, 0.5) is 9.59 Å². The maximum atomic E-state index is 11.3. The van der Waals surface area contributed by atoms with Gasteiger partial charge in [-0.05, 0) is 12.3 Å². The van der Waals surface area contributed by atoms with Gasteiger partial charge in [-0.2, -0.15) is 0 Å². The van der Waals surface area contributed by atoms with E-state index in [-0.39, 0.29) is 19.7 Å². The van der Waals surface area contributed by atoms with Gasteiger partial charge >= 0.3 is 12.2 Å². The lowest BCUT2D eigenvalue weighted by Crippen LogP contribution is -2.40. The van der Waals surface area contributed by atoms with Crippen molar-refractivity contribution in [2.45, 2.75) is 27.2 Å². The lowest BCUT2D eigenvalue weighted by atomic mass is 9.82. The molecule has 0 saturated carbocycles. The Bertz CT molecular complexity index is 349. The third kappa shape index (κ3) is 8.77. The van der Waals surface area contributed by atoms with Crippen LogP contribution in [0.15, 0.2) is 0 Å². The van der Waals surface area contributed by atoms with Crippen LogP contribution in [0.1, 0.15) is 27.2 Å². The van der Waals surface area contributed by atoms with E-state index in [2.05, 4.69) is 16.6 Å². The molecule has 1 unspecified atom stereocenters. The van der Waals surface area contributed by atoms with Crippen molar-refractivity contribution in [1.82, 2.24) is 10.6 Å². The van der Waals surface area contributed by atoms with Crippen LogP contribution in [0.2, 0.25) is 0 Å². The van der Waals surface area contributed by atoms with Crippen LogP contribution in [0.3, 0.4) is 0 Å². The molecule has 0 radical (unpaired) electrons. The Morgan fingerprint density at radius 1 is 1.42 bits per heavy atom. The maximum absolute atomic E-state index is 11.3. The summed E-state index contributed by atoms with van der Waals surface area (Å²) in [5.74, 6) is 2.63. The van der Waals surface area contributed by atoms with Crippen molar-refractivity contribution in [3.05, 3.63) is 0 Å². The molecule has 19 heavy (non-hydrogen) atoms. The molecule has 0 bridgehead atoms. The number of hydrogen-bond acceptors (Lipinski definition) is 3. The van der Waals surface area contributed by atoms with Crippen molar-refractivity contribution in [2.24, 2.45) is 11.3 Å². The highest BCUT2D eigenvalue weighted by Gasteiger charge is 2.28. The van der Waals surface area contributed by atoms with Gasteiger partial charge in [-0.3, -0.25) is 0 Å². The van der Waals surface area contributed by atoms with Crippen molar-refractivity contribution in [1.29, 1.82) is 0 Å². The van der Waals surface area contributed by atoms with E-state index < -0.39 is 17.6 Å². The topological polar surface area (TPSA) is 87.7 Å². The lowest BCUT2D eigenvalue weighted by Gasteiger charge is -2.30. The summed E-state index contributed by atoms with van der Waals surface area (Å²) in [7, 11) is 0. The molecule has 0 aliphatic carbocycles. The predicted molar refractivity (Wildman–Crippen MR) is 71.8 cm³/mol. The van der Waals surface area contributed by atoms with Crippen LogP contribution < -0.4 is 10.6 Å². The van der Waals surface area contributed by atoms with E-state index in [0.29, 0.717) is 5.92 Å². The minimum atomic E-state index is -1.09. The number of terminal acetylenes is 1. The first-order chi connectivity index (χ1) is 8.79. The number of nitrogens with one attached hydrogen (secondary N) is 2. The van der Waals surface area contributed by atoms with Gasteiger partial charge in [0.25, 0.3) is 0 Å². The molecule has 0 heterocycles. The molecule has 0 aromatic heterocycles. The van der Waals surface area contributed by atoms with Crippen LogP contribution in [-0.2, 0) is 4.74 Å². The third-order valence-electron chi connectivity index (χ3n) is 2.45. The highest BCUT2D eigenvalue weighted by atomic mass is 16.5. The minimum absolute atomic E-state index is 0.104. The van der Waals surface area contributed by atoms with Crippen molar-refractivity contribution in [3.63, 3.8) is 0 Å². The minimum Gasteiger partial charge on any atom is -0.465 e. The molecule has 108 valence electrons. The zero-order chi connectivity index (χ0) is 14.9. The smallest absolute Gasteiger partial charge is 0.407 e. The monoisotopic (exact) mass is 270 g/mol. The Labute approximate surface area is 113 Å². The number of ether oxygens (including phenoxy) is 1. The van der Waals surface area contributed by atoms with Gasteiger partial charge in [0, 0.05) is 12.0 Å². The van der Waals surface area contributed by atoms with Gasteiger partial charge in [0.1, 0.15) is 6.61 Å². The SMILES string of the molecule is C#CCNC(=O)OCC(C)(CNC(=O)O)CC(C)C. The quantitative estimate of drug-likeness (QED) is 0.614. The van der Waals surface area contributed by atoms with Crippen LogP contribution >= 0.6 is 0 Å². The zero-order valence-electron chi connectivity index (χ0n) is 11.7. The van der Waals surface area contributed by atoms with E-state index in [1.807, 2.05) is 20.8 Å². The maximum Gasteiger partial charge on any atom is 0.407 e. The molecule has 0 saturated heterocycles. The average Bonchev–Trinajstić information content (AvgIpc) is 2.31. The number of carbonyl (C=O) groups is 2. The van der Waals surface area contributed by atoms with Crippen molar-refractivity contribution in [2.75, 3.05) is 19.7 Å². The number of amides is 2. The summed E-state index contributed by atoms with van der Waals surface area (Å²) in [5.41, 5.74) is -0.444. The van der Waals surface area contributed by atoms with Crippen molar-refractivity contribution in [3.8, 4) is 12.3 Å². The van der Waals surface area contributed by atoms with Gasteiger partial charge in [0.2, 0.25) is 0 Å². The molecular formula is C13H22N2O4. The summed E-state index contributed by atoms with van der Waals surface area (Å²) in [6.07, 6.45) is 4.06. The molecule has 0 aliphatic rings. The number of hydrogen-bond donors (Lipinski definition) is 3. The second-order valence-corrected chi connectivity index (χ2v) is 5.20. The first kappa shape index (κ1) is 17.1. The molecule has 0 aromatic carbocycles. The predicted octanol–water partition coefficient (Wildman–Crippen LogP) is 1.67. The van der Waals surface area contributed by atoms with Gasteiger partial charge < -0.3 is 20.5 Å². The molecule has 0 aromatic rings. The second kappa shape index (κ2) is 8.25. The Kier molecular flexibility index (Phi) is 7.42. The summed E-state index contributed by atoms with van der Waals surface area (Å²) in [5, 5.41) is 13.4. The van der Waals surface area contributed by atoms with E-state index in [9.17, 15) is 9.59 Å². The van der Waals surface area contributed by atoms with E-state index in [4.69, 9.17) is 16.3 Å². The Hall–Kier alpha value is -1.90. The molecule has 0 spiro atoms. The summed E-state index contributed by atoms with van der Waals surface area (Å²) >= 11 is 0. The molecule has 1 atom stereocenters. The zero-order valence-corrected chi connectivity index (χ0v) is 11.7. The van der Waals surface area contributed by atoms with Crippen LogP contribution in [0.5, 0.6) is 0 Å². The van der Waals surface area contributed by atoms with Crippen LogP contribution in [0.25, 0.3) is 0 Å². The Balaban J connectivity index is 4.37. The molecule has 0 rings (SSSR count).